The number of aryl methyl sites for hydroxylation is 1. The van der Waals surface area contributed by atoms with Crippen molar-refractivity contribution in [1.82, 2.24) is 4.57 Å². The van der Waals surface area contributed by atoms with Gasteiger partial charge in [-0.1, -0.05) is 72.3 Å². The fourth-order valence-electron chi connectivity index (χ4n) is 5.38. The van der Waals surface area contributed by atoms with Crippen molar-refractivity contribution in [2.24, 2.45) is 0 Å². The third-order valence-electron chi connectivity index (χ3n) is 6.88. The Labute approximate surface area is 197 Å². The van der Waals surface area contributed by atoms with Crippen LogP contribution >= 0.6 is 11.6 Å². The second kappa shape index (κ2) is 7.91. The van der Waals surface area contributed by atoms with Crippen LogP contribution in [0.2, 0.25) is 5.02 Å². The Hall–Kier alpha value is -3.34. The summed E-state index contributed by atoms with van der Waals surface area (Å²) in [5.41, 5.74) is 2.75. The van der Waals surface area contributed by atoms with Gasteiger partial charge in [0.15, 0.2) is 5.60 Å². The molecule has 2 aliphatic heterocycles. The first-order valence-electron chi connectivity index (χ1n) is 11.2. The molecule has 3 heterocycles. The topological polar surface area (TPSA) is 34.5 Å². The average molecular weight is 455 g/mol. The van der Waals surface area contributed by atoms with Gasteiger partial charge < -0.3 is 4.57 Å². The molecule has 6 rings (SSSR count). The third kappa shape index (κ3) is 3.21. The standard InChI is InChI=1S/C28H23ClN2O2/c29-22-15-13-20(14-16-22)25-26(21-8-3-1-4-9-21)31(23-10-5-2-6-11-23)33-28(25)17-19-30-18-7-12-24(30)27(28)32/h1-16,18,25-26H,17,19H2. The van der Waals surface area contributed by atoms with Gasteiger partial charge in [-0.3, -0.25) is 9.63 Å². The van der Waals surface area contributed by atoms with Crippen molar-refractivity contribution in [3.63, 3.8) is 0 Å². The molecule has 1 aromatic heterocycles. The number of anilines is 1. The molecule has 1 spiro atoms. The van der Waals surface area contributed by atoms with Crippen LogP contribution in [-0.4, -0.2) is 16.0 Å². The van der Waals surface area contributed by atoms with Gasteiger partial charge in [-0.2, -0.15) is 0 Å². The van der Waals surface area contributed by atoms with Gasteiger partial charge in [0, 0.05) is 24.2 Å². The van der Waals surface area contributed by atoms with Crippen molar-refractivity contribution in [3.8, 4) is 0 Å². The lowest BCUT2D eigenvalue weighted by Gasteiger charge is -2.36. The number of hydrogen-bond donors (Lipinski definition) is 0. The molecule has 2 aliphatic rings. The smallest absolute Gasteiger partial charge is 0.214 e. The molecular formula is C28H23ClN2O2. The minimum absolute atomic E-state index is 0.0260. The number of ketones is 1. The summed E-state index contributed by atoms with van der Waals surface area (Å²) < 4.78 is 2.03. The molecule has 0 N–H and O–H groups in total. The molecule has 0 saturated carbocycles. The zero-order valence-corrected chi connectivity index (χ0v) is 18.7. The van der Waals surface area contributed by atoms with Gasteiger partial charge in [-0.15, -0.1) is 0 Å². The summed E-state index contributed by atoms with van der Waals surface area (Å²) in [6, 6.07) is 31.9. The second-order valence-corrected chi connectivity index (χ2v) is 9.13. The van der Waals surface area contributed by atoms with E-state index in [-0.39, 0.29) is 17.7 Å². The summed E-state index contributed by atoms with van der Waals surface area (Å²) in [7, 11) is 0. The summed E-state index contributed by atoms with van der Waals surface area (Å²) in [6.07, 6.45) is 2.56. The van der Waals surface area contributed by atoms with Crippen LogP contribution in [0.4, 0.5) is 5.69 Å². The molecule has 164 valence electrons. The number of nitrogens with zero attached hydrogens (tertiary/aromatic N) is 2. The van der Waals surface area contributed by atoms with Gasteiger partial charge in [-0.25, -0.2) is 5.06 Å². The predicted molar refractivity (Wildman–Crippen MR) is 129 cm³/mol. The van der Waals surface area contributed by atoms with Crippen LogP contribution in [0.25, 0.3) is 0 Å². The van der Waals surface area contributed by atoms with E-state index in [2.05, 4.69) is 12.1 Å². The van der Waals surface area contributed by atoms with Crippen LogP contribution in [-0.2, 0) is 11.4 Å². The second-order valence-electron chi connectivity index (χ2n) is 8.69. The number of hydroxylamine groups is 1. The van der Waals surface area contributed by atoms with Gasteiger partial charge in [0.25, 0.3) is 0 Å². The number of Topliss-reactive ketones (excluding diaryl/α,β-unsaturated/α-hetero) is 1. The van der Waals surface area contributed by atoms with Crippen molar-refractivity contribution in [2.75, 3.05) is 5.06 Å². The molecule has 1 fully saturated rings. The van der Waals surface area contributed by atoms with Crippen molar-refractivity contribution >= 4 is 23.1 Å². The Bertz CT molecular complexity index is 1290. The van der Waals surface area contributed by atoms with Crippen LogP contribution in [0.3, 0.4) is 0 Å². The van der Waals surface area contributed by atoms with E-state index < -0.39 is 5.60 Å². The first kappa shape index (κ1) is 20.3. The number of aromatic nitrogens is 1. The summed E-state index contributed by atoms with van der Waals surface area (Å²) in [5, 5.41) is 2.62. The SMILES string of the molecule is O=C1c2cccn2CCC12ON(c1ccccc1)C(c1ccccc1)C2c1ccc(Cl)cc1. The Morgan fingerprint density at radius 2 is 1.52 bits per heavy atom. The average Bonchev–Trinajstić information content (AvgIpc) is 3.47. The Morgan fingerprint density at radius 1 is 0.818 bits per heavy atom. The summed E-state index contributed by atoms with van der Waals surface area (Å²) >= 11 is 6.24. The molecule has 33 heavy (non-hydrogen) atoms. The highest BCUT2D eigenvalue weighted by molar-refractivity contribution is 6.30. The number of carbonyl (C=O) groups excluding carboxylic acids is 1. The minimum Gasteiger partial charge on any atom is -0.345 e. The lowest BCUT2D eigenvalue weighted by Crippen LogP contribution is -2.48. The van der Waals surface area contributed by atoms with Gasteiger partial charge in [0.1, 0.15) is 0 Å². The largest absolute Gasteiger partial charge is 0.345 e. The maximum atomic E-state index is 14.1. The molecule has 3 unspecified atom stereocenters. The lowest BCUT2D eigenvalue weighted by molar-refractivity contribution is -0.0195. The Morgan fingerprint density at radius 3 is 2.24 bits per heavy atom. The molecule has 3 atom stereocenters. The highest BCUT2D eigenvalue weighted by Gasteiger charge is 2.61. The summed E-state index contributed by atoms with van der Waals surface area (Å²) in [4.78, 5) is 20.9. The van der Waals surface area contributed by atoms with E-state index in [0.29, 0.717) is 17.1 Å². The first-order chi connectivity index (χ1) is 16.2. The van der Waals surface area contributed by atoms with Crippen molar-refractivity contribution in [1.29, 1.82) is 0 Å². The molecule has 3 aromatic carbocycles. The number of fused-ring (bicyclic) bond motifs is 1. The third-order valence-corrected chi connectivity index (χ3v) is 7.14. The number of hydrogen-bond acceptors (Lipinski definition) is 3. The highest BCUT2D eigenvalue weighted by atomic mass is 35.5. The van der Waals surface area contributed by atoms with E-state index >= 15 is 0 Å². The summed E-state index contributed by atoms with van der Waals surface area (Å²) in [6.45, 7) is 0.725. The van der Waals surface area contributed by atoms with Crippen molar-refractivity contribution in [3.05, 3.63) is 125 Å². The zero-order chi connectivity index (χ0) is 22.4. The molecule has 1 saturated heterocycles. The van der Waals surface area contributed by atoms with Crippen LogP contribution < -0.4 is 5.06 Å². The Balaban J connectivity index is 1.59. The monoisotopic (exact) mass is 454 g/mol. The van der Waals surface area contributed by atoms with Gasteiger partial charge in [0.2, 0.25) is 5.78 Å². The van der Waals surface area contributed by atoms with Crippen molar-refractivity contribution < 1.29 is 9.63 Å². The van der Waals surface area contributed by atoms with Crippen LogP contribution in [0.15, 0.2) is 103 Å². The molecule has 0 aliphatic carbocycles. The van der Waals surface area contributed by atoms with E-state index in [4.69, 9.17) is 16.4 Å². The van der Waals surface area contributed by atoms with Gasteiger partial charge in [0.05, 0.1) is 23.3 Å². The molecular weight excluding hydrogens is 432 g/mol. The van der Waals surface area contributed by atoms with Crippen LogP contribution in [0.1, 0.15) is 40.0 Å². The van der Waals surface area contributed by atoms with E-state index in [1.165, 1.54) is 0 Å². The summed E-state index contributed by atoms with van der Waals surface area (Å²) in [5.74, 6) is -0.188. The quantitative estimate of drug-likeness (QED) is 0.357. The maximum absolute atomic E-state index is 14.1. The first-order valence-corrected chi connectivity index (χ1v) is 11.6. The van der Waals surface area contributed by atoms with Crippen molar-refractivity contribution in [2.45, 2.75) is 30.5 Å². The molecule has 5 heteroatoms. The van der Waals surface area contributed by atoms with Gasteiger partial charge >= 0.3 is 0 Å². The Kier molecular flexibility index (Phi) is 4.86. The molecule has 4 nitrogen and oxygen atoms in total. The van der Waals surface area contributed by atoms with Gasteiger partial charge in [-0.05, 0) is 47.5 Å². The van der Waals surface area contributed by atoms with E-state index in [0.717, 1.165) is 23.4 Å². The van der Waals surface area contributed by atoms with E-state index in [1.807, 2.05) is 101 Å². The fraction of sp³-hybridized carbons (Fsp3) is 0.179. The lowest BCUT2D eigenvalue weighted by atomic mass is 9.70. The highest BCUT2D eigenvalue weighted by Crippen LogP contribution is 2.56. The molecule has 0 bridgehead atoms. The molecule has 0 radical (unpaired) electrons. The number of benzene rings is 3. The predicted octanol–water partition coefficient (Wildman–Crippen LogP) is 6.44. The van der Waals surface area contributed by atoms with Crippen LogP contribution in [0, 0.1) is 0 Å². The number of rotatable bonds is 3. The maximum Gasteiger partial charge on any atom is 0.214 e. The normalized spacial score (nSPS) is 24.3. The van der Waals surface area contributed by atoms with E-state index in [1.54, 1.807) is 0 Å². The minimum atomic E-state index is -1.02. The number of para-hydroxylation sites is 1. The van der Waals surface area contributed by atoms with Crippen LogP contribution in [0.5, 0.6) is 0 Å². The zero-order valence-electron chi connectivity index (χ0n) is 18.0. The number of halogens is 1. The molecule has 0 amide bonds. The van der Waals surface area contributed by atoms with E-state index in [9.17, 15) is 4.79 Å². The number of carbonyl (C=O) groups is 1. The molecule has 4 aromatic rings. The fourth-order valence-corrected chi connectivity index (χ4v) is 5.51.